The van der Waals surface area contributed by atoms with Crippen LogP contribution in [0.15, 0.2) is 94.4 Å². The number of carbonyl (C=O) groups is 3. The highest BCUT2D eigenvalue weighted by Gasteiger charge is 2.29. The van der Waals surface area contributed by atoms with Crippen molar-refractivity contribution in [2.45, 2.75) is 32.1 Å². The number of rotatable bonds is 7. The average molecular weight is 536 g/mol. The van der Waals surface area contributed by atoms with Gasteiger partial charge in [0, 0.05) is 23.2 Å². The molecule has 0 saturated heterocycles. The number of aryl methyl sites for hydroxylation is 1. The second-order valence-corrected chi connectivity index (χ2v) is 9.52. The van der Waals surface area contributed by atoms with Crippen LogP contribution in [0.4, 0.5) is 5.69 Å². The van der Waals surface area contributed by atoms with E-state index in [0.29, 0.717) is 41.1 Å². The number of furan rings is 1. The number of esters is 1. The van der Waals surface area contributed by atoms with Crippen molar-refractivity contribution >= 4 is 29.2 Å². The lowest BCUT2D eigenvalue weighted by Gasteiger charge is -2.18. The van der Waals surface area contributed by atoms with E-state index in [9.17, 15) is 14.4 Å². The minimum atomic E-state index is -0.521. The van der Waals surface area contributed by atoms with Crippen molar-refractivity contribution in [3.8, 4) is 0 Å². The van der Waals surface area contributed by atoms with E-state index in [1.807, 2.05) is 67.6 Å². The fraction of sp³-hybridized carbons (Fsp3) is 0.188. The molecule has 5 rings (SSSR count). The number of methoxy groups -OCH3 is 1. The lowest BCUT2D eigenvalue weighted by Crippen LogP contribution is -2.28. The number of nitrogens with one attached hydrogen (secondary N) is 2. The van der Waals surface area contributed by atoms with E-state index in [4.69, 9.17) is 9.15 Å². The molecular weight excluding hydrogens is 506 g/mol. The number of anilines is 1. The number of hydrogen-bond acceptors (Lipinski definition) is 6. The third-order valence-corrected chi connectivity index (χ3v) is 6.92. The lowest BCUT2D eigenvalue weighted by molar-refractivity contribution is -0.121. The number of ether oxygens (including phenoxy) is 1. The molecule has 202 valence electrons. The second-order valence-electron chi connectivity index (χ2n) is 9.52. The Morgan fingerprint density at radius 2 is 1.50 bits per heavy atom. The molecule has 0 bridgehead atoms. The van der Waals surface area contributed by atoms with Crippen LogP contribution in [0.5, 0.6) is 0 Å². The highest BCUT2D eigenvalue weighted by atomic mass is 16.5. The first kappa shape index (κ1) is 26.6. The SMILES string of the molecule is COC(=O)c1ccc(NC(=O)c2oc3c(c2C)/C(=N/NC(=O)C(c2ccccc2)c2ccccc2)CCC3)cc1. The van der Waals surface area contributed by atoms with Crippen molar-refractivity contribution in [3.05, 3.63) is 124 Å². The van der Waals surface area contributed by atoms with Gasteiger partial charge in [-0.3, -0.25) is 9.59 Å². The molecule has 3 aromatic carbocycles. The van der Waals surface area contributed by atoms with Crippen LogP contribution in [0, 0.1) is 6.92 Å². The Kier molecular flexibility index (Phi) is 7.87. The Morgan fingerprint density at radius 1 is 0.875 bits per heavy atom. The topological polar surface area (TPSA) is 110 Å². The molecule has 1 aliphatic rings. The van der Waals surface area contributed by atoms with E-state index < -0.39 is 17.8 Å². The zero-order chi connectivity index (χ0) is 28.1. The van der Waals surface area contributed by atoms with Crippen LogP contribution in [0.25, 0.3) is 0 Å². The van der Waals surface area contributed by atoms with Crippen molar-refractivity contribution in [1.29, 1.82) is 0 Å². The first-order valence-corrected chi connectivity index (χ1v) is 13.0. The molecule has 0 fully saturated rings. The number of fused-ring (bicyclic) bond motifs is 1. The van der Waals surface area contributed by atoms with Gasteiger partial charge in [0.2, 0.25) is 0 Å². The van der Waals surface area contributed by atoms with Gasteiger partial charge in [-0.25, -0.2) is 10.2 Å². The standard InChI is InChI=1S/C32H29N3O5/c1-20-27-25(34-35-30(36)28(21-10-5-3-6-11-21)22-12-7-4-8-13-22)14-9-15-26(27)40-29(20)31(37)33-24-18-16-23(17-19-24)32(38)39-2/h3-8,10-13,16-19,28H,9,14-15H2,1-2H3,(H,33,37)(H,35,36)/b34-25+. The van der Waals surface area contributed by atoms with E-state index in [2.05, 4.69) is 15.8 Å². The quantitative estimate of drug-likeness (QED) is 0.236. The Bertz CT molecular complexity index is 1520. The highest BCUT2D eigenvalue weighted by Crippen LogP contribution is 2.31. The number of benzene rings is 3. The molecule has 8 heteroatoms. The predicted octanol–water partition coefficient (Wildman–Crippen LogP) is 5.62. The minimum Gasteiger partial charge on any atom is -0.465 e. The smallest absolute Gasteiger partial charge is 0.337 e. The zero-order valence-corrected chi connectivity index (χ0v) is 22.3. The van der Waals surface area contributed by atoms with Crippen molar-refractivity contribution in [2.24, 2.45) is 5.10 Å². The summed E-state index contributed by atoms with van der Waals surface area (Å²) < 4.78 is 10.7. The molecule has 0 aliphatic heterocycles. The molecule has 1 heterocycles. The fourth-order valence-electron chi connectivity index (χ4n) is 4.97. The summed E-state index contributed by atoms with van der Waals surface area (Å²) in [5, 5.41) is 7.34. The van der Waals surface area contributed by atoms with E-state index in [1.54, 1.807) is 24.3 Å². The number of hydrazone groups is 1. The molecule has 2 N–H and O–H groups in total. The highest BCUT2D eigenvalue weighted by molar-refractivity contribution is 6.09. The molecule has 1 aromatic heterocycles. The molecule has 0 saturated carbocycles. The molecule has 0 unspecified atom stereocenters. The largest absolute Gasteiger partial charge is 0.465 e. The van der Waals surface area contributed by atoms with E-state index in [-0.39, 0.29) is 11.7 Å². The third-order valence-electron chi connectivity index (χ3n) is 6.92. The van der Waals surface area contributed by atoms with Crippen LogP contribution in [-0.2, 0) is 16.0 Å². The second kappa shape index (κ2) is 11.8. The van der Waals surface area contributed by atoms with Gasteiger partial charge in [0.25, 0.3) is 11.8 Å². The first-order chi connectivity index (χ1) is 19.5. The Morgan fingerprint density at radius 3 is 2.10 bits per heavy atom. The number of nitrogens with zero attached hydrogens (tertiary/aromatic N) is 1. The molecule has 4 aromatic rings. The van der Waals surface area contributed by atoms with Crippen LogP contribution in [0.1, 0.15) is 67.7 Å². The minimum absolute atomic E-state index is 0.189. The summed E-state index contributed by atoms with van der Waals surface area (Å²) in [4.78, 5) is 38.2. The summed E-state index contributed by atoms with van der Waals surface area (Å²) in [5.74, 6) is -0.766. The number of amides is 2. The summed E-state index contributed by atoms with van der Waals surface area (Å²) in [5.41, 5.74) is 7.52. The summed E-state index contributed by atoms with van der Waals surface area (Å²) in [6.07, 6.45) is 2.09. The predicted molar refractivity (Wildman–Crippen MR) is 152 cm³/mol. The Balaban J connectivity index is 1.37. The number of carbonyl (C=O) groups excluding carboxylic acids is 3. The van der Waals surface area contributed by atoms with Gasteiger partial charge < -0.3 is 14.5 Å². The lowest BCUT2D eigenvalue weighted by atomic mass is 9.90. The molecule has 2 amide bonds. The van der Waals surface area contributed by atoms with Crippen LogP contribution in [0.3, 0.4) is 0 Å². The van der Waals surface area contributed by atoms with Gasteiger partial charge >= 0.3 is 5.97 Å². The summed E-state index contributed by atoms with van der Waals surface area (Å²) >= 11 is 0. The Labute approximate surface area is 232 Å². The zero-order valence-electron chi connectivity index (χ0n) is 22.3. The van der Waals surface area contributed by atoms with Crippen molar-refractivity contribution in [3.63, 3.8) is 0 Å². The van der Waals surface area contributed by atoms with Gasteiger partial charge in [0.15, 0.2) is 5.76 Å². The van der Waals surface area contributed by atoms with Crippen LogP contribution < -0.4 is 10.7 Å². The average Bonchev–Trinajstić information content (AvgIpc) is 3.34. The van der Waals surface area contributed by atoms with E-state index >= 15 is 0 Å². The van der Waals surface area contributed by atoms with Gasteiger partial charge in [-0.2, -0.15) is 5.10 Å². The molecule has 0 radical (unpaired) electrons. The fourth-order valence-corrected chi connectivity index (χ4v) is 4.97. The van der Waals surface area contributed by atoms with E-state index in [1.165, 1.54) is 7.11 Å². The first-order valence-electron chi connectivity index (χ1n) is 13.0. The van der Waals surface area contributed by atoms with Crippen molar-refractivity contribution in [1.82, 2.24) is 5.43 Å². The van der Waals surface area contributed by atoms with Gasteiger partial charge in [0.05, 0.1) is 24.3 Å². The normalized spacial score (nSPS) is 13.5. The third kappa shape index (κ3) is 5.56. The molecule has 40 heavy (non-hydrogen) atoms. The Hall–Kier alpha value is -4.98. The maximum atomic E-state index is 13.5. The molecule has 1 aliphatic carbocycles. The van der Waals surface area contributed by atoms with Gasteiger partial charge in [0.1, 0.15) is 5.76 Å². The van der Waals surface area contributed by atoms with Crippen molar-refractivity contribution < 1.29 is 23.5 Å². The number of hydrogen-bond donors (Lipinski definition) is 2. The van der Waals surface area contributed by atoms with Gasteiger partial charge in [-0.05, 0) is 55.2 Å². The molecule has 0 atom stereocenters. The summed E-state index contributed by atoms with van der Waals surface area (Å²) in [6, 6.07) is 25.6. The maximum Gasteiger partial charge on any atom is 0.337 e. The molecule has 8 nitrogen and oxygen atoms in total. The van der Waals surface area contributed by atoms with Crippen LogP contribution >= 0.6 is 0 Å². The maximum absolute atomic E-state index is 13.5. The summed E-state index contributed by atoms with van der Waals surface area (Å²) in [6.45, 7) is 1.82. The molecular formula is C32H29N3O5. The monoisotopic (exact) mass is 535 g/mol. The summed E-state index contributed by atoms with van der Waals surface area (Å²) in [7, 11) is 1.31. The van der Waals surface area contributed by atoms with Crippen molar-refractivity contribution in [2.75, 3.05) is 12.4 Å². The van der Waals surface area contributed by atoms with E-state index in [0.717, 1.165) is 23.1 Å². The van der Waals surface area contributed by atoms with Gasteiger partial charge in [-0.1, -0.05) is 60.7 Å². The van der Waals surface area contributed by atoms with Gasteiger partial charge in [-0.15, -0.1) is 0 Å². The van der Waals surface area contributed by atoms with Crippen LogP contribution in [0.2, 0.25) is 0 Å². The van der Waals surface area contributed by atoms with Crippen LogP contribution in [-0.4, -0.2) is 30.6 Å². The molecule has 0 spiro atoms.